The Morgan fingerprint density at radius 2 is 1.77 bits per heavy atom. The van der Waals surface area contributed by atoms with E-state index >= 15 is 0 Å². The van der Waals surface area contributed by atoms with Crippen LogP contribution in [0.2, 0.25) is 5.15 Å². The maximum atomic E-state index is 12.3. The molecule has 10 heteroatoms. The number of hydrogen-bond acceptors (Lipinski definition) is 6. The van der Waals surface area contributed by atoms with Gasteiger partial charge < -0.3 is 18.6 Å². The molecule has 0 bridgehead atoms. The fourth-order valence-corrected chi connectivity index (χ4v) is 4.07. The third-order valence-corrected chi connectivity index (χ3v) is 5.95. The molecular formula is C16H19ClN4O4S. The van der Waals surface area contributed by atoms with Crippen molar-refractivity contribution in [1.29, 1.82) is 0 Å². The molecule has 0 N–H and O–H groups in total. The minimum atomic E-state index is -4.10. The number of anilines is 1. The molecule has 0 spiro atoms. The van der Waals surface area contributed by atoms with E-state index in [-0.39, 0.29) is 21.8 Å². The first-order valence-corrected chi connectivity index (χ1v) is 9.78. The van der Waals surface area contributed by atoms with E-state index in [1.807, 2.05) is 0 Å². The molecule has 1 aliphatic heterocycles. The van der Waals surface area contributed by atoms with Gasteiger partial charge in [-0.3, -0.25) is 4.79 Å². The number of amides is 1. The van der Waals surface area contributed by atoms with E-state index in [1.54, 1.807) is 43.1 Å². The Hall–Kier alpha value is -2.26. The molecule has 0 radical (unpaired) electrons. The van der Waals surface area contributed by atoms with Gasteiger partial charge in [0, 0.05) is 45.8 Å². The number of carbonyl (C=O) groups is 1. The second kappa shape index (κ2) is 7.16. The van der Waals surface area contributed by atoms with Crippen LogP contribution in [-0.2, 0) is 22.0 Å². The summed E-state index contributed by atoms with van der Waals surface area (Å²) < 4.78 is 31.1. The lowest BCUT2D eigenvalue weighted by atomic mass is 10.2. The SMILES string of the molecule is CC(=O)N1CCN(c2ccc(OS(=O)(=O)c3ncn(C)c3Cl)cc2)CC1. The zero-order valence-corrected chi connectivity index (χ0v) is 16.0. The number of halogens is 1. The normalized spacial score (nSPS) is 15.2. The average Bonchev–Trinajstić information content (AvgIpc) is 2.95. The van der Waals surface area contributed by atoms with Gasteiger partial charge in [-0.15, -0.1) is 0 Å². The first kappa shape index (κ1) is 18.5. The second-order valence-electron chi connectivity index (χ2n) is 5.98. The van der Waals surface area contributed by atoms with Gasteiger partial charge in [0.05, 0.1) is 6.33 Å². The lowest BCUT2D eigenvalue weighted by Crippen LogP contribution is -2.48. The Balaban J connectivity index is 1.68. The molecule has 3 rings (SSSR count). The number of benzene rings is 1. The molecule has 0 atom stereocenters. The predicted molar refractivity (Wildman–Crippen MR) is 96.9 cm³/mol. The molecule has 2 aromatic rings. The van der Waals surface area contributed by atoms with Crippen molar-refractivity contribution in [2.45, 2.75) is 11.9 Å². The number of imidazole rings is 1. The first-order valence-electron chi connectivity index (χ1n) is 8.00. The van der Waals surface area contributed by atoms with E-state index in [0.29, 0.717) is 13.1 Å². The average molecular weight is 399 g/mol. The van der Waals surface area contributed by atoms with Gasteiger partial charge in [-0.1, -0.05) is 11.6 Å². The molecule has 0 unspecified atom stereocenters. The van der Waals surface area contributed by atoms with Crippen molar-refractivity contribution in [3.63, 3.8) is 0 Å². The van der Waals surface area contributed by atoms with Crippen LogP contribution in [0.25, 0.3) is 0 Å². The highest BCUT2D eigenvalue weighted by Crippen LogP contribution is 2.25. The molecule has 0 aliphatic carbocycles. The van der Waals surface area contributed by atoms with Gasteiger partial charge in [0.1, 0.15) is 5.75 Å². The molecule has 1 aromatic carbocycles. The smallest absolute Gasteiger partial charge is 0.360 e. The summed E-state index contributed by atoms with van der Waals surface area (Å²) in [5.41, 5.74) is 0.939. The number of aryl methyl sites for hydroxylation is 1. The highest BCUT2D eigenvalue weighted by molar-refractivity contribution is 7.87. The van der Waals surface area contributed by atoms with E-state index in [2.05, 4.69) is 9.88 Å². The zero-order valence-electron chi connectivity index (χ0n) is 14.4. The Labute approximate surface area is 157 Å². The maximum absolute atomic E-state index is 12.3. The lowest BCUT2D eigenvalue weighted by molar-refractivity contribution is -0.129. The minimum absolute atomic E-state index is 0.00929. The lowest BCUT2D eigenvalue weighted by Gasteiger charge is -2.35. The zero-order chi connectivity index (χ0) is 18.9. The molecule has 140 valence electrons. The van der Waals surface area contributed by atoms with E-state index in [4.69, 9.17) is 15.8 Å². The summed E-state index contributed by atoms with van der Waals surface area (Å²) in [4.78, 5) is 19.1. The van der Waals surface area contributed by atoms with Crippen molar-refractivity contribution in [2.75, 3.05) is 31.1 Å². The van der Waals surface area contributed by atoms with Gasteiger partial charge in [0.15, 0.2) is 5.15 Å². The summed E-state index contributed by atoms with van der Waals surface area (Å²) in [6, 6.07) is 6.74. The molecular weight excluding hydrogens is 380 g/mol. The number of aromatic nitrogens is 2. The highest BCUT2D eigenvalue weighted by Gasteiger charge is 2.25. The first-order chi connectivity index (χ1) is 12.3. The molecule has 0 saturated carbocycles. The van der Waals surface area contributed by atoms with Gasteiger partial charge >= 0.3 is 10.1 Å². The van der Waals surface area contributed by atoms with E-state index in [0.717, 1.165) is 18.8 Å². The molecule has 1 aliphatic rings. The van der Waals surface area contributed by atoms with Crippen LogP contribution in [0.4, 0.5) is 5.69 Å². The fraction of sp³-hybridized carbons (Fsp3) is 0.375. The van der Waals surface area contributed by atoms with E-state index < -0.39 is 10.1 Å². The van der Waals surface area contributed by atoms with E-state index in [9.17, 15) is 13.2 Å². The molecule has 1 fully saturated rings. The van der Waals surface area contributed by atoms with Crippen molar-refractivity contribution in [2.24, 2.45) is 7.05 Å². The topological polar surface area (TPSA) is 84.7 Å². The molecule has 1 saturated heterocycles. The van der Waals surface area contributed by atoms with Crippen LogP contribution >= 0.6 is 11.6 Å². The number of nitrogens with zero attached hydrogens (tertiary/aromatic N) is 4. The molecule has 1 amide bonds. The van der Waals surface area contributed by atoms with Gasteiger partial charge in [-0.05, 0) is 24.3 Å². The summed E-state index contributed by atoms with van der Waals surface area (Å²) in [5, 5.41) is -0.323. The van der Waals surface area contributed by atoms with Crippen molar-refractivity contribution in [3.05, 3.63) is 35.7 Å². The monoisotopic (exact) mass is 398 g/mol. The third kappa shape index (κ3) is 3.78. The quantitative estimate of drug-likeness (QED) is 0.726. The van der Waals surface area contributed by atoms with Crippen LogP contribution in [0.5, 0.6) is 5.75 Å². The molecule has 2 heterocycles. The molecule has 1 aromatic heterocycles. The Morgan fingerprint density at radius 1 is 1.15 bits per heavy atom. The van der Waals surface area contributed by atoms with Gasteiger partial charge in [0.2, 0.25) is 10.9 Å². The Bertz CT molecular complexity index is 903. The Kier molecular flexibility index (Phi) is 5.10. The number of rotatable bonds is 4. The summed E-state index contributed by atoms with van der Waals surface area (Å²) in [6.07, 6.45) is 1.31. The number of piperazine rings is 1. The van der Waals surface area contributed by atoms with Gasteiger partial charge in [-0.2, -0.15) is 8.42 Å². The van der Waals surface area contributed by atoms with Crippen LogP contribution in [0.15, 0.2) is 35.6 Å². The summed E-state index contributed by atoms with van der Waals surface area (Å²) in [7, 11) is -2.51. The molecule has 8 nitrogen and oxygen atoms in total. The third-order valence-electron chi connectivity index (χ3n) is 4.20. The predicted octanol–water partition coefficient (Wildman–Crippen LogP) is 1.51. The fourth-order valence-electron chi connectivity index (χ4n) is 2.72. The molecule has 26 heavy (non-hydrogen) atoms. The van der Waals surface area contributed by atoms with Crippen molar-refractivity contribution in [1.82, 2.24) is 14.5 Å². The van der Waals surface area contributed by atoms with Gasteiger partial charge in [-0.25, -0.2) is 4.98 Å². The van der Waals surface area contributed by atoms with E-state index in [1.165, 1.54) is 10.9 Å². The number of hydrogen-bond donors (Lipinski definition) is 0. The standard InChI is InChI=1S/C16H19ClN4O4S/c1-12(22)20-7-9-21(10-8-20)13-3-5-14(6-4-13)25-26(23,24)16-15(17)19(2)11-18-16/h3-6,11H,7-10H2,1-2H3. The summed E-state index contributed by atoms with van der Waals surface area (Å²) in [5.74, 6) is 0.254. The van der Waals surface area contributed by atoms with Crippen LogP contribution < -0.4 is 9.08 Å². The van der Waals surface area contributed by atoms with Crippen molar-refractivity contribution >= 4 is 33.3 Å². The Morgan fingerprint density at radius 3 is 2.27 bits per heavy atom. The summed E-state index contributed by atoms with van der Waals surface area (Å²) >= 11 is 5.93. The van der Waals surface area contributed by atoms with Crippen LogP contribution in [0.1, 0.15) is 6.92 Å². The number of carbonyl (C=O) groups excluding carboxylic acids is 1. The highest BCUT2D eigenvalue weighted by atomic mass is 35.5. The van der Waals surface area contributed by atoms with Crippen molar-refractivity contribution < 1.29 is 17.4 Å². The van der Waals surface area contributed by atoms with Crippen molar-refractivity contribution in [3.8, 4) is 5.75 Å². The second-order valence-corrected chi connectivity index (χ2v) is 7.80. The van der Waals surface area contributed by atoms with Crippen LogP contribution in [-0.4, -0.2) is 55.0 Å². The minimum Gasteiger partial charge on any atom is -0.378 e. The maximum Gasteiger partial charge on any atom is 0.360 e. The summed E-state index contributed by atoms with van der Waals surface area (Å²) in [6.45, 7) is 4.35. The van der Waals surface area contributed by atoms with Crippen LogP contribution in [0.3, 0.4) is 0 Å². The van der Waals surface area contributed by atoms with Crippen LogP contribution in [0, 0.1) is 0 Å². The largest absolute Gasteiger partial charge is 0.378 e. The van der Waals surface area contributed by atoms with Gasteiger partial charge in [0.25, 0.3) is 0 Å².